The topological polar surface area (TPSA) is 33.1 Å². The van der Waals surface area contributed by atoms with Crippen LogP contribution in [0.15, 0.2) is 30.5 Å². The Kier molecular flexibility index (Phi) is 5.69. The van der Waals surface area contributed by atoms with Gasteiger partial charge in [-0.15, -0.1) is 0 Å². The molecule has 0 amide bonds. The molecule has 1 aromatic heterocycles. The van der Waals surface area contributed by atoms with Gasteiger partial charge in [-0.2, -0.15) is 5.10 Å². The van der Waals surface area contributed by atoms with Gasteiger partial charge in [-0.3, -0.25) is 4.68 Å². The molecule has 0 saturated carbocycles. The first-order chi connectivity index (χ1) is 10.5. The van der Waals surface area contributed by atoms with Gasteiger partial charge in [0, 0.05) is 36.8 Å². The number of hydrogen-bond donors (Lipinski definition) is 1. The van der Waals surface area contributed by atoms with Crippen molar-refractivity contribution in [3.05, 3.63) is 41.8 Å². The maximum absolute atomic E-state index is 13.2. The van der Waals surface area contributed by atoms with Crippen molar-refractivity contribution in [2.45, 2.75) is 26.4 Å². The minimum atomic E-state index is -0.216. The highest BCUT2D eigenvalue weighted by molar-refractivity contribution is 5.63. The molecule has 120 valence electrons. The molecule has 0 radical (unpaired) electrons. The minimum Gasteiger partial charge on any atom is -0.318 e. The van der Waals surface area contributed by atoms with Gasteiger partial charge >= 0.3 is 0 Å². The van der Waals surface area contributed by atoms with E-state index in [-0.39, 0.29) is 11.9 Å². The zero-order chi connectivity index (χ0) is 16.1. The molecule has 0 fully saturated rings. The third-order valence-electron chi connectivity index (χ3n) is 3.66. The second-order valence-corrected chi connectivity index (χ2v) is 5.90. The van der Waals surface area contributed by atoms with Gasteiger partial charge in [0.2, 0.25) is 0 Å². The highest BCUT2D eigenvalue weighted by Gasteiger charge is 2.16. The van der Waals surface area contributed by atoms with Crippen LogP contribution in [0.2, 0.25) is 0 Å². The smallest absolute Gasteiger partial charge is 0.123 e. The lowest BCUT2D eigenvalue weighted by Gasteiger charge is -2.18. The first-order valence-corrected chi connectivity index (χ1v) is 7.68. The fourth-order valence-electron chi connectivity index (χ4n) is 2.50. The van der Waals surface area contributed by atoms with Crippen molar-refractivity contribution in [3.8, 4) is 11.3 Å². The summed E-state index contributed by atoms with van der Waals surface area (Å²) in [4.78, 5) is 2.26. The number of hydrogen-bond acceptors (Lipinski definition) is 3. The quantitative estimate of drug-likeness (QED) is 0.854. The highest BCUT2D eigenvalue weighted by Crippen LogP contribution is 2.27. The molecule has 2 aromatic rings. The van der Waals surface area contributed by atoms with Crippen LogP contribution in [0.5, 0.6) is 0 Å². The number of nitrogens with zero attached hydrogens (tertiary/aromatic N) is 3. The number of halogens is 1. The van der Waals surface area contributed by atoms with Crippen LogP contribution in [0, 0.1) is 5.82 Å². The lowest BCUT2D eigenvalue weighted by molar-refractivity contribution is 0.328. The van der Waals surface area contributed by atoms with Crippen LogP contribution in [0.1, 0.15) is 25.5 Å². The summed E-state index contributed by atoms with van der Waals surface area (Å²) in [5, 5.41) is 7.68. The van der Waals surface area contributed by atoms with Crippen LogP contribution in [-0.2, 0) is 6.54 Å². The molecule has 0 aliphatic carbocycles. The van der Waals surface area contributed by atoms with Gasteiger partial charge in [0.05, 0.1) is 11.9 Å². The van der Waals surface area contributed by atoms with E-state index in [0.29, 0.717) is 0 Å². The fourth-order valence-corrected chi connectivity index (χ4v) is 2.50. The summed E-state index contributed by atoms with van der Waals surface area (Å²) in [7, 11) is 4.05. The summed E-state index contributed by atoms with van der Waals surface area (Å²) in [5.41, 5.74) is 3.25. The third-order valence-corrected chi connectivity index (χ3v) is 3.66. The summed E-state index contributed by atoms with van der Waals surface area (Å²) in [5.74, 6) is -0.216. The van der Waals surface area contributed by atoms with E-state index in [1.165, 1.54) is 17.7 Å². The van der Waals surface area contributed by atoms with Crippen LogP contribution in [0.3, 0.4) is 0 Å². The molecule has 1 aromatic carbocycles. The first-order valence-electron chi connectivity index (χ1n) is 7.68. The van der Waals surface area contributed by atoms with E-state index in [2.05, 4.69) is 36.2 Å². The zero-order valence-electron chi connectivity index (χ0n) is 13.8. The number of nitrogens with one attached hydrogen (secondary N) is 1. The van der Waals surface area contributed by atoms with Gasteiger partial charge in [0.25, 0.3) is 0 Å². The van der Waals surface area contributed by atoms with Crippen molar-refractivity contribution < 1.29 is 4.39 Å². The van der Waals surface area contributed by atoms with E-state index in [9.17, 15) is 4.39 Å². The summed E-state index contributed by atoms with van der Waals surface area (Å²) < 4.78 is 15.2. The molecule has 2 rings (SSSR count). The largest absolute Gasteiger partial charge is 0.318 e. The van der Waals surface area contributed by atoms with Crippen LogP contribution in [0.25, 0.3) is 11.3 Å². The maximum Gasteiger partial charge on any atom is 0.123 e. The zero-order valence-corrected chi connectivity index (χ0v) is 13.8. The highest BCUT2D eigenvalue weighted by atomic mass is 19.1. The number of rotatable bonds is 7. The summed E-state index contributed by atoms with van der Waals surface area (Å²) in [6, 6.07) is 6.91. The number of likely N-dealkylation sites (N-methyl/N-ethyl adjacent to an activating group) is 2. The Hall–Kier alpha value is -1.72. The number of aromatic nitrogens is 2. The average molecular weight is 304 g/mol. The average Bonchev–Trinajstić information content (AvgIpc) is 2.89. The lowest BCUT2D eigenvalue weighted by atomic mass is 10.1. The third kappa shape index (κ3) is 3.93. The molecule has 1 N–H and O–H groups in total. The minimum absolute atomic E-state index is 0.216. The Balaban J connectivity index is 2.32. The first kappa shape index (κ1) is 16.6. The summed E-state index contributed by atoms with van der Waals surface area (Å²) in [6.07, 6.45) is 1.93. The van der Waals surface area contributed by atoms with Crippen LogP contribution in [-0.4, -0.2) is 41.9 Å². The molecule has 0 saturated heterocycles. The molecule has 0 spiro atoms. The monoisotopic (exact) mass is 304 g/mol. The molecule has 0 unspecified atom stereocenters. The van der Waals surface area contributed by atoms with E-state index in [1.807, 2.05) is 30.1 Å². The van der Waals surface area contributed by atoms with Crippen molar-refractivity contribution in [2.24, 2.45) is 0 Å². The molecule has 22 heavy (non-hydrogen) atoms. The van der Waals surface area contributed by atoms with Crippen LogP contribution >= 0.6 is 0 Å². The van der Waals surface area contributed by atoms with Crippen molar-refractivity contribution >= 4 is 0 Å². The number of benzene rings is 1. The van der Waals surface area contributed by atoms with Gasteiger partial charge < -0.3 is 10.2 Å². The molecule has 4 nitrogen and oxygen atoms in total. The van der Waals surface area contributed by atoms with Gasteiger partial charge in [-0.05, 0) is 52.2 Å². The summed E-state index contributed by atoms with van der Waals surface area (Å²) in [6.45, 7) is 6.94. The second-order valence-electron chi connectivity index (χ2n) is 5.90. The Morgan fingerprint density at radius 2 is 1.95 bits per heavy atom. The van der Waals surface area contributed by atoms with Crippen molar-refractivity contribution in [3.63, 3.8) is 0 Å². The lowest BCUT2D eigenvalue weighted by Crippen LogP contribution is -2.27. The molecule has 1 heterocycles. The normalized spacial score (nSPS) is 11.6. The predicted octanol–water partition coefficient (Wildman–Crippen LogP) is 2.92. The van der Waals surface area contributed by atoms with E-state index in [1.54, 1.807) is 0 Å². The van der Waals surface area contributed by atoms with Gasteiger partial charge in [0.1, 0.15) is 5.82 Å². The maximum atomic E-state index is 13.2. The summed E-state index contributed by atoms with van der Waals surface area (Å²) >= 11 is 0. The Bertz CT molecular complexity index is 589. The van der Waals surface area contributed by atoms with Crippen molar-refractivity contribution in [1.82, 2.24) is 20.0 Å². The molecule has 0 aliphatic rings. The van der Waals surface area contributed by atoms with Crippen LogP contribution in [0.4, 0.5) is 4.39 Å². The van der Waals surface area contributed by atoms with Gasteiger partial charge in [0.15, 0.2) is 0 Å². The fraction of sp³-hybridized carbons (Fsp3) is 0.471. The molecular weight excluding hydrogens is 279 g/mol. The van der Waals surface area contributed by atoms with Gasteiger partial charge in [-0.1, -0.05) is 0 Å². The van der Waals surface area contributed by atoms with E-state index >= 15 is 0 Å². The van der Waals surface area contributed by atoms with Crippen molar-refractivity contribution in [1.29, 1.82) is 0 Å². The Morgan fingerprint density at radius 1 is 1.27 bits per heavy atom. The molecular formula is C17H25FN4. The Labute approximate surface area is 131 Å². The molecule has 5 heteroatoms. The molecule has 0 atom stereocenters. The van der Waals surface area contributed by atoms with Crippen molar-refractivity contribution in [2.75, 3.05) is 27.2 Å². The SMILES string of the molecule is CNCCN(C)Cc1cnn(C(C)C)c1-c1ccc(F)cc1. The van der Waals surface area contributed by atoms with E-state index in [4.69, 9.17) is 0 Å². The van der Waals surface area contributed by atoms with Crippen LogP contribution < -0.4 is 5.32 Å². The molecule has 0 aliphatic heterocycles. The van der Waals surface area contributed by atoms with E-state index in [0.717, 1.165) is 30.9 Å². The molecule has 0 bridgehead atoms. The van der Waals surface area contributed by atoms with Gasteiger partial charge in [-0.25, -0.2) is 4.39 Å². The van der Waals surface area contributed by atoms with E-state index < -0.39 is 0 Å². The standard InChI is InChI=1S/C17H25FN4/c1-13(2)22-17(14-5-7-16(18)8-6-14)15(11-20-22)12-21(4)10-9-19-3/h5-8,11,13,19H,9-10,12H2,1-4H3. The second kappa shape index (κ2) is 7.51. The Morgan fingerprint density at radius 3 is 2.55 bits per heavy atom. The predicted molar refractivity (Wildman–Crippen MR) is 88.3 cm³/mol.